The minimum absolute atomic E-state index is 0.00833. The molecular weight excluding hydrogens is 300 g/mol. The van der Waals surface area contributed by atoms with E-state index < -0.39 is 8.07 Å². The molecule has 0 aromatic heterocycles. The normalized spacial score (nSPS) is 11.6. The van der Waals surface area contributed by atoms with E-state index in [9.17, 15) is 4.79 Å². The number of hydrogen-bond acceptors (Lipinski definition) is 2. The molecule has 1 aromatic rings. The highest BCUT2D eigenvalue weighted by Crippen LogP contribution is 2.40. The van der Waals surface area contributed by atoms with Crippen molar-refractivity contribution < 1.29 is 9.53 Å². The molecule has 0 fully saturated rings. The molecule has 0 saturated carbocycles. The first-order valence-electron chi connectivity index (χ1n) is 8.43. The Morgan fingerprint density at radius 2 is 1.48 bits per heavy atom. The van der Waals surface area contributed by atoms with Gasteiger partial charge in [-0.3, -0.25) is 4.79 Å². The molecule has 0 unspecified atom stereocenters. The molecule has 2 nitrogen and oxygen atoms in total. The number of methoxy groups -OCH3 is 1. The minimum Gasteiger partial charge on any atom is -0.497 e. The summed E-state index contributed by atoms with van der Waals surface area (Å²) in [5, 5.41) is 0. The molecule has 0 aliphatic rings. The van der Waals surface area contributed by atoms with Crippen LogP contribution in [0.15, 0.2) is 24.3 Å². The third-order valence-corrected chi connectivity index (χ3v) is 11.1. The predicted molar refractivity (Wildman–Crippen MR) is 101 cm³/mol. The number of carbonyl (C=O) groups excluding carboxylic acids is 1. The highest BCUT2D eigenvalue weighted by atomic mass is 28.3. The Morgan fingerprint density at radius 3 is 1.87 bits per heavy atom. The standard InChI is InChI=1S/C20H30O2Si/c1-15(2)23(16(3)4,17(5)6)13-12-19(21)14-18-8-10-20(22-7)11-9-18/h8-11,15-17H,14H2,1-7H3. The number of Topliss-reactive ketones (excluding diaryl/α,β-unsaturated/α-hetero) is 1. The van der Waals surface area contributed by atoms with Gasteiger partial charge in [0, 0.05) is 6.42 Å². The monoisotopic (exact) mass is 330 g/mol. The van der Waals surface area contributed by atoms with Gasteiger partial charge in [0.15, 0.2) is 0 Å². The average molecular weight is 331 g/mol. The quantitative estimate of drug-likeness (QED) is 0.540. The van der Waals surface area contributed by atoms with Gasteiger partial charge in [-0.05, 0) is 40.2 Å². The fourth-order valence-electron chi connectivity index (χ4n) is 3.58. The molecule has 0 aliphatic carbocycles. The third-order valence-electron chi connectivity index (χ3n) is 4.81. The zero-order valence-corrected chi connectivity index (χ0v) is 16.6. The molecule has 1 aromatic carbocycles. The van der Waals surface area contributed by atoms with E-state index >= 15 is 0 Å². The van der Waals surface area contributed by atoms with Gasteiger partial charge in [-0.25, -0.2) is 0 Å². The Hall–Kier alpha value is -1.53. The number of hydrogen-bond donors (Lipinski definition) is 0. The first-order chi connectivity index (χ1) is 10.7. The Morgan fingerprint density at radius 1 is 1.00 bits per heavy atom. The molecule has 0 N–H and O–H groups in total. The molecule has 0 heterocycles. The van der Waals surface area contributed by atoms with Crippen LogP contribution in [0.2, 0.25) is 16.6 Å². The second-order valence-corrected chi connectivity index (χ2v) is 12.7. The molecule has 0 amide bonds. The number of rotatable bonds is 6. The Labute approximate surface area is 142 Å². The van der Waals surface area contributed by atoms with Crippen LogP contribution in [0.1, 0.15) is 47.1 Å². The second kappa shape index (κ2) is 8.36. The van der Waals surface area contributed by atoms with E-state index in [-0.39, 0.29) is 5.78 Å². The van der Waals surface area contributed by atoms with Gasteiger partial charge in [-0.15, -0.1) is 5.54 Å². The summed E-state index contributed by atoms with van der Waals surface area (Å²) in [6.45, 7) is 13.6. The number of ketones is 1. The molecule has 23 heavy (non-hydrogen) atoms. The van der Waals surface area contributed by atoms with Crippen molar-refractivity contribution in [1.82, 2.24) is 0 Å². The maximum Gasteiger partial charge on any atom is 0.209 e. The number of carbonyl (C=O) groups is 1. The first kappa shape index (κ1) is 19.5. The summed E-state index contributed by atoms with van der Waals surface area (Å²) < 4.78 is 5.14. The molecule has 0 bridgehead atoms. The van der Waals surface area contributed by atoms with Crippen LogP contribution >= 0.6 is 0 Å². The summed E-state index contributed by atoms with van der Waals surface area (Å²) in [5.41, 5.74) is 6.11. The molecule has 0 atom stereocenters. The lowest BCUT2D eigenvalue weighted by molar-refractivity contribution is -0.113. The van der Waals surface area contributed by atoms with Gasteiger partial charge in [0.2, 0.25) is 5.78 Å². The van der Waals surface area contributed by atoms with E-state index in [0.717, 1.165) is 11.3 Å². The van der Waals surface area contributed by atoms with Crippen molar-refractivity contribution in [2.75, 3.05) is 7.11 Å². The highest BCUT2D eigenvalue weighted by Gasteiger charge is 2.41. The van der Waals surface area contributed by atoms with Gasteiger partial charge in [0.25, 0.3) is 0 Å². The SMILES string of the molecule is COc1ccc(CC(=O)C#C[Si](C(C)C)(C(C)C)C(C)C)cc1. The number of benzene rings is 1. The van der Waals surface area contributed by atoms with Gasteiger partial charge < -0.3 is 4.74 Å². The van der Waals surface area contributed by atoms with E-state index in [1.807, 2.05) is 24.3 Å². The van der Waals surface area contributed by atoms with Crippen LogP contribution < -0.4 is 4.74 Å². The second-order valence-electron chi connectivity index (χ2n) is 7.10. The molecule has 0 saturated heterocycles. The van der Waals surface area contributed by atoms with Crippen LogP contribution in [0.4, 0.5) is 0 Å². The topological polar surface area (TPSA) is 26.3 Å². The summed E-state index contributed by atoms with van der Waals surface area (Å²) in [6.07, 6.45) is 0.371. The zero-order chi connectivity index (χ0) is 17.6. The van der Waals surface area contributed by atoms with Gasteiger partial charge in [0.05, 0.1) is 7.11 Å². The van der Waals surface area contributed by atoms with Gasteiger partial charge in [-0.1, -0.05) is 53.7 Å². The van der Waals surface area contributed by atoms with E-state index in [1.165, 1.54) is 0 Å². The molecular formula is C20H30O2Si. The largest absolute Gasteiger partial charge is 0.497 e. The van der Waals surface area contributed by atoms with Crippen LogP contribution in [0.3, 0.4) is 0 Å². The molecule has 126 valence electrons. The number of ether oxygens (including phenoxy) is 1. The Balaban J connectivity index is 2.95. The molecule has 1 rings (SSSR count). The molecule has 0 aliphatic heterocycles. The minimum atomic E-state index is -1.82. The fraction of sp³-hybridized carbons (Fsp3) is 0.550. The zero-order valence-electron chi connectivity index (χ0n) is 15.6. The summed E-state index contributed by atoms with van der Waals surface area (Å²) in [4.78, 5) is 12.3. The Bertz CT molecular complexity index is 552. The van der Waals surface area contributed by atoms with Gasteiger partial charge in [0.1, 0.15) is 13.8 Å². The van der Waals surface area contributed by atoms with E-state index in [1.54, 1.807) is 7.11 Å². The van der Waals surface area contributed by atoms with Crippen LogP contribution in [-0.4, -0.2) is 21.0 Å². The van der Waals surface area contributed by atoms with E-state index in [4.69, 9.17) is 4.74 Å². The molecule has 0 radical (unpaired) electrons. The van der Waals surface area contributed by atoms with Crippen molar-refractivity contribution in [1.29, 1.82) is 0 Å². The lowest BCUT2D eigenvalue weighted by atomic mass is 10.1. The van der Waals surface area contributed by atoms with Crippen molar-refractivity contribution in [3.63, 3.8) is 0 Å². The molecule has 3 heteroatoms. The van der Waals surface area contributed by atoms with Gasteiger partial charge in [-0.2, -0.15) is 0 Å². The Kier molecular flexibility index (Phi) is 7.09. The van der Waals surface area contributed by atoms with Crippen LogP contribution in [0.5, 0.6) is 5.75 Å². The van der Waals surface area contributed by atoms with Crippen LogP contribution in [0.25, 0.3) is 0 Å². The van der Waals surface area contributed by atoms with Crippen molar-refractivity contribution in [3.05, 3.63) is 29.8 Å². The first-order valence-corrected chi connectivity index (χ1v) is 10.7. The lowest BCUT2D eigenvalue weighted by Crippen LogP contribution is -2.43. The van der Waals surface area contributed by atoms with E-state index in [2.05, 4.69) is 53.0 Å². The third kappa shape index (κ3) is 4.72. The van der Waals surface area contributed by atoms with Gasteiger partial charge >= 0.3 is 0 Å². The summed E-state index contributed by atoms with van der Waals surface area (Å²) in [5.74, 6) is 3.80. The maximum atomic E-state index is 12.3. The summed E-state index contributed by atoms with van der Waals surface area (Å²) >= 11 is 0. The average Bonchev–Trinajstić information content (AvgIpc) is 2.47. The van der Waals surface area contributed by atoms with E-state index in [0.29, 0.717) is 23.0 Å². The summed E-state index contributed by atoms with van der Waals surface area (Å²) in [6, 6.07) is 7.61. The highest BCUT2D eigenvalue weighted by molar-refractivity contribution is 6.90. The smallest absolute Gasteiger partial charge is 0.209 e. The predicted octanol–water partition coefficient (Wildman–Crippen LogP) is 5.03. The van der Waals surface area contributed by atoms with Crippen LogP contribution in [0, 0.1) is 11.5 Å². The lowest BCUT2D eigenvalue weighted by Gasteiger charge is -2.37. The van der Waals surface area contributed by atoms with Crippen molar-refractivity contribution in [3.8, 4) is 17.2 Å². The summed E-state index contributed by atoms with van der Waals surface area (Å²) in [7, 11) is -0.186. The van der Waals surface area contributed by atoms with Crippen molar-refractivity contribution >= 4 is 13.9 Å². The molecule has 0 spiro atoms. The fourth-order valence-corrected chi connectivity index (χ4v) is 8.81. The van der Waals surface area contributed by atoms with Crippen molar-refractivity contribution in [2.24, 2.45) is 0 Å². The van der Waals surface area contributed by atoms with Crippen LogP contribution in [-0.2, 0) is 11.2 Å². The van der Waals surface area contributed by atoms with Crippen molar-refractivity contribution in [2.45, 2.75) is 64.6 Å². The maximum absolute atomic E-state index is 12.3.